The van der Waals surface area contributed by atoms with Gasteiger partial charge < -0.3 is 0 Å². The number of rotatable bonds is 5. The molecule has 4 aromatic heterocycles. The summed E-state index contributed by atoms with van der Waals surface area (Å²) < 4.78 is 3.12. The van der Waals surface area contributed by atoms with Gasteiger partial charge in [-0.3, -0.25) is 0 Å². The number of pyridine rings is 1. The molecule has 0 N–H and O–H groups in total. The molecule has 0 unspecified atom stereocenters. The second-order valence-electron chi connectivity index (χ2n) is 6.68. The number of halogens is 1. The predicted octanol–water partition coefficient (Wildman–Crippen LogP) is 6.01. The van der Waals surface area contributed by atoms with Crippen LogP contribution in [0, 0.1) is 13.8 Å². The molecule has 6 heteroatoms. The van der Waals surface area contributed by atoms with E-state index in [-0.39, 0.29) is 0 Å². The molecule has 0 radical (unpaired) electrons. The van der Waals surface area contributed by atoms with Gasteiger partial charge in [0.15, 0.2) is 5.65 Å². The van der Waals surface area contributed by atoms with Crippen molar-refractivity contribution in [2.45, 2.75) is 46.5 Å². The van der Waals surface area contributed by atoms with Gasteiger partial charge in [-0.25, -0.2) is 14.5 Å². The molecule has 0 bridgehead atoms. The lowest BCUT2D eigenvalue weighted by Crippen LogP contribution is -2.01. The second kappa shape index (κ2) is 6.97. The fourth-order valence-corrected chi connectivity index (χ4v) is 4.47. The topological polar surface area (TPSA) is 43.1 Å². The van der Waals surface area contributed by atoms with Gasteiger partial charge in [0, 0.05) is 10.9 Å². The van der Waals surface area contributed by atoms with Gasteiger partial charge in [-0.2, -0.15) is 5.10 Å². The van der Waals surface area contributed by atoms with Crippen molar-refractivity contribution in [2.24, 2.45) is 0 Å². The number of fused-ring (bicyclic) bond motifs is 2. The number of hydrogen-bond acceptors (Lipinski definition) is 4. The number of hydrogen-bond donors (Lipinski definition) is 0. The molecule has 0 saturated carbocycles. The van der Waals surface area contributed by atoms with Crippen molar-refractivity contribution in [2.75, 3.05) is 0 Å². The van der Waals surface area contributed by atoms with Crippen molar-refractivity contribution in [3.63, 3.8) is 0 Å². The molecular weight excluding hydrogens is 364 g/mol. The van der Waals surface area contributed by atoms with Crippen molar-refractivity contribution in [1.29, 1.82) is 0 Å². The molecule has 0 aliphatic rings. The van der Waals surface area contributed by atoms with E-state index in [1.54, 1.807) is 11.3 Å². The molecule has 4 aromatic rings. The number of imidazole rings is 1. The van der Waals surface area contributed by atoms with Crippen molar-refractivity contribution >= 4 is 38.8 Å². The van der Waals surface area contributed by atoms with Gasteiger partial charge in [0.25, 0.3) is 0 Å². The summed E-state index contributed by atoms with van der Waals surface area (Å²) in [4.78, 5) is 9.41. The Bertz CT molecular complexity index is 1100. The smallest absolute Gasteiger partial charge is 0.157 e. The molecular formula is C20H21ClN4S. The van der Waals surface area contributed by atoms with E-state index in [9.17, 15) is 0 Å². The van der Waals surface area contributed by atoms with Gasteiger partial charge in [0.2, 0.25) is 0 Å². The van der Waals surface area contributed by atoms with E-state index < -0.39 is 0 Å². The molecule has 0 aliphatic carbocycles. The standard InChI is InChI=1S/C20H21ClN4S/c1-4-5-6-7-14-10-12(2)24-25-19(13(3)22-20(14)25)15-11-26-16-8-9-17(21)23-18(15)16/h8-11H,4-7H2,1-3H3. The van der Waals surface area contributed by atoms with Crippen LogP contribution >= 0.6 is 22.9 Å². The van der Waals surface area contributed by atoms with Gasteiger partial charge in [-0.15, -0.1) is 11.3 Å². The number of unbranched alkanes of at least 4 members (excludes halogenated alkanes) is 2. The minimum atomic E-state index is 0.507. The fourth-order valence-electron chi connectivity index (χ4n) is 3.44. The lowest BCUT2D eigenvalue weighted by Gasteiger charge is -2.07. The normalized spacial score (nSPS) is 11.7. The molecule has 4 nitrogen and oxygen atoms in total. The van der Waals surface area contributed by atoms with E-state index in [0.717, 1.165) is 44.9 Å². The first-order valence-electron chi connectivity index (χ1n) is 8.98. The van der Waals surface area contributed by atoms with E-state index in [0.29, 0.717) is 5.15 Å². The van der Waals surface area contributed by atoms with E-state index in [4.69, 9.17) is 21.7 Å². The van der Waals surface area contributed by atoms with Gasteiger partial charge in [-0.1, -0.05) is 31.4 Å². The third-order valence-electron chi connectivity index (χ3n) is 4.64. The Kier molecular flexibility index (Phi) is 4.67. The van der Waals surface area contributed by atoms with E-state index in [2.05, 4.69) is 23.4 Å². The molecule has 134 valence electrons. The van der Waals surface area contributed by atoms with Crippen LogP contribution in [0.5, 0.6) is 0 Å². The number of aryl methyl sites for hydroxylation is 3. The lowest BCUT2D eigenvalue weighted by molar-refractivity contribution is 0.714. The highest BCUT2D eigenvalue weighted by Gasteiger charge is 2.19. The average Bonchev–Trinajstić information content (AvgIpc) is 3.15. The summed E-state index contributed by atoms with van der Waals surface area (Å²) in [6.07, 6.45) is 4.66. The van der Waals surface area contributed by atoms with Gasteiger partial charge in [0.1, 0.15) is 5.15 Å². The van der Waals surface area contributed by atoms with Crippen LogP contribution in [0.4, 0.5) is 0 Å². The summed E-state index contributed by atoms with van der Waals surface area (Å²) in [5.41, 5.74) is 7.20. The number of thiophene rings is 1. The molecule has 26 heavy (non-hydrogen) atoms. The van der Waals surface area contributed by atoms with Crippen molar-refractivity contribution in [1.82, 2.24) is 19.6 Å². The van der Waals surface area contributed by atoms with Gasteiger partial charge >= 0.3 is 0 Å². The van der Waals surface area contributed by atoms with Crippen molar-refractivity contribution < 1.29 is 0 Å². The zero-order chi connectivity index (χ0) is 18.3. The maximum atomic E-state index is 6.14. The summed E-state index contributed by atoms with van der Waals surface area (Å²) in [5.74, 6) is 0. The van der Waals surface area contributed by atoms with Crippen LogP contribution in [-0.2, 0) is 6.42 Å². The zero-order valence-electron chi connectivity index (χ0n) is 15.2. The summed E-state index contributed by atoms with van der Waals surface area (Å²) in [5, 5.41) is 7.41. The molecule has 0 fully saturated rings. The summed E-state index contributed by atoms with van der Waals surface area (Å²) in [6.45, 7) is 6.32. The number of nitrogens with zero attached hydrogens (tertiary/aromatic N) is 4. The molecule has 0 saturated heterocycles. The first kappa shape index (κ1) is 17.4. The zero-order valence-corrected chi connectivity index (χ0v) is 16.8. The fraction of sp³-hybridized carbons (Fsp3) is 0.350. The Morgan fingerprint density at radius 2 is 2.00 bits per heavy atom. The molecule has 0 atom stereocenters. The summed E-state index contributed by atoms with van der Waals surface area (Å²) in [6, 6.07) is 6.02. The summed E-state index contributed by atoms with van der Waals surface area (Å²) >= 11 is 7.82. The maximum absolute atomic E-state index is 6.14. The van der Waals surface area contributed by atoms with Crippen LogP contribution in [0.25, 0.3) is 27.1 Å². The molecule has 0 aromatic carbocycles. The minimum absolute atomic E-state index is 0.507. The Hall–Kier alpha value is -1.98. The molecule has 0 amide bonds. The van der Waals surface area contributed by atoms with Crippen LogP contribution in [-0.4, -0.2) is 19.6 Å². The number of aromatic nitrogens is 4. The Balaban J connectivity index is 1.92. The van der Waals surface area contributed by atoms with E-state index in [1.165, 1.54) is 24.8 Å². The van der Waals surface area contributed by atoms with Crippen molar-refractivity contribution in [3.05, 3.63) is 45.7 Å². The van der Waals surface area contributed by atoms with Crippen LogP contribution in [0.2, 0.25) is 5.15 Å². The van der Waals surface area contributed by atoms with Crippen LogP contribution < -0.4 is 0 Å². The Morgan fingerprint density at radius 1 is 1.15 bits per heavy atom. The average molecular weight is 385 g/mol. The molecule has 4 rings (SSSR count). The van der Waals surface area contributed by atoms with Gasteiger partial charge in [0.05, 0.1) is 27.3 Å². The molecule has 4 heterocycles. The van der Waals surface area contributed by atoms with Gasteiger partial charge in [-0.05, 0) is 50.5 Å². The summed E-state index contributed by atoms with van der Waals surface area (Å²) in [7, 11) is 0. The van der Waals surface area contributed by atoms with E-state index >= 15 is 0 Å². The predicted molar refractivity (Wildman–Crippen MR) is 109 cm³/mol. The first-order chi connectivity index (χ1) is 12.6. The highest BCUT2D eigenvalue weighted by Crippen LogP contribution is 2.35. The second-order valence-corrected chi connectivity index (χ2v) is 7.98. The van der Waals surface area contributed by atoms with Crippen LogP contribution in [0.1, 0.15) is 43.1 Å². The first-order valence-corrected chi connectivity index (χ1v) is 10.2. The third-order valence-corrected chi connectivity index (χ3v) is 5.79. The highest BCUT2D eigenvalue weighted by molar-refractivity contribution is 7.17. The lowest BCUT2D eigenvalue weighted by atomic mass is 10.1. The van der Waals surface area contributed by atoms with Crippen molar-refractivity contribution in [3.8, 4) is 11.3 Å². The Morgan fingerprint density at radius 3 is 2.81 bits per heavy atom. The monoisotopic (exact) mass is 384 g/mol. The maximum Gasteiger partial charge on any atom is 0.157 e. The molecule has 0 spiro atoms. The quantitative estimate of drug-likeness (QED) is 0.312. The SMILES string of the molecule is CCCCCc1cc(C)nn2c(-c3csc4ccc(Cl)nc34)c(C)nc12. The highest BCUT2D eigenvalue weighted by atomic mass is 35.5. The molecule has 0 aliphatic heterocycles. The van der Waals surface area contributed by atoms with E-state index in [1.807, 2.05) is 30.5 Å². The van der Waals surface area contributed by atoms with Crippen LogP contribution in [0.15, 0.2) is 23.6 Å². The largest absolute Gasteiger partial charge is 0.235 e. The minimum Gasteiger partial charge on any atom is -0.235 e. The third kappa shape index (κ3) is 2.99. The Labute approximate surface area is 161 Å². The van der Waals surface area contributed by atoms with Crippen LogP contribution in [0.3, 0.4) is 0 Å².